The summed E-state index contributed by atoms with van der Waals surface area (Å²) in [7, 11) is 3.30. The molecule has 0 amide bonds. The maximum atomic E-state index is 5.52. The standard InChI is InChI=1S/C18H27N5O3.HI/c1-7-25-13-9-8-12(10-14(13)24-6)21-17(19-5)20-11-15-22-16(26-23-15)18(2,3)4;/h8-10H,7,11H2,1-6H3,(H2,19,20,21);1H. The van der Waals surface area contributed by atoms with E-state index in [1.807, 2.05) is 45.9 Å². The minimum absolute atomic E-state index is 0. The average Bonchev–Trinajstić information content (AvgIpc) is 3.09. The van der Waals surface area contributed by atoms with Gasteiger partial charge >= 0.3 is 0 Å². The van der Waals surface area contributed by atoms with E-state index in [0.717, 1.165) is 5.69 Å². The number of guanidine groups is 1. The molecule has 0 bridgehead atoms. The normalized spacial score (nSPS) is 11.6. The van der Waals surface area contributed by atoms with E-state index >= 15 is 0 Å². The number of nitrogens with one attached hydrogen (secondary N) is 2. The van der Waals surface area contributed by atoms with E-state index in [9.17, 15) is 0 Å². The molecule has 0 fully saturated rings. The van der Waals surface area contributed by atoms with Crippen LogP contribution in [-0.4, -0.2) is 36.9 Å². The van der Waals surface area contributed by atoms with Crippen LogP contribution >= 0.6 is 24.0 Å². The molecule has 1 aromatic heterocycles. The van der Waals surface area contributed by atoms with Crippen LogP contribution in [0.1, 0.15) is 39.4 Å². The van der Waals surface area contributed by atoms with E-state index in [1.54, 1.807) is 14.2 Å². The molecule has 0 saturated heterocycles. The molecule has 0 aliphatic carbocycles. The molecule has 1 heterocycles. The summed E-state index contributed by atoms with van der Waals surface area (Å²) in [5, 5.41) is 10.3. The predicted octanol–water partition coefficient (Wildman–Crippen LogP) is 3.58. The number of benzene rings is 1. The Morgan fingerprint density at radius 2 is 2.00 bits per heavy atom. The largest absolute Gasteiger partial charge is 0.493 e. The quantitative estimate of drug-likeness (QED) is 0.364. The van der Waals surface area contributed by atoms with Gasteiger partial charge in [0.1, 0.15) is 0 Å². The number of hydrogen-bond acceptors (Lipinski definition) is 6. The van der Waals surface area contributed by atoms with Crippen LogP contribution < -0.4 is 20.1 Å². The lowest BCUT2D eigenvalue weighted by Crippen LogP contribution is -2.30. The molecule has 0 unspecified atom stereocenters. The zero-order valence-corrected chi connectivity index (χ0v) is 19.0. The van der Waals surface area contributed by atoms with Crippen LogP contribution in [0.5, 0.6) is 11.5 Å². The highest BCUT2D eigenvalue weighted by molar-refractivity contribution is 14.0. The van der Waals surface area contributed by atoms with Gasteiger partial charge in [-0.1, -0.05) is 25.9 Å². The van der Waals surface area contributed by atoms with Gasteiger partial charge in [-0.05, 0) is 19.1 Å². The Balaban J connectivity index is 0.00000364. The Hall–Kier alpha value is -2.04. The molecular formula is C18H28IN5O3. The van der Waals surface area contributed by atoms with Crippen molar-refractivity contribution in [2.75, 3.05) is 26.1 Å². The number of methoxy groups -OCH3 is 1. The highest BCUT2D eigenvalue weighted by Gasteiger charge is 2.21. The maximum absolute atomic E-state index is 5.52. The Labute approximate surface area is 177 Å². The number of aromatic nitrogens is 2. The number of ether oxygens (including phenoxy) is 2. The van der Waals surface area contributed by atoms with E-state index in [-0.39, 0.29) is 29.4 Å². The van der Waals surface area contributed by atoms with Gasteiger partial charge in [0, 0.05) is 24.2 Å². The fourth-order valence-corrected chi connectivity index (χ4v) is 2.13. The Kier molecular flexibility index (Phi) is 8.80. The lowest BCUT2D eigenvalue weighted by Gasteiger charge is -2.14. The topological polar surface area (TPSA) is 93.8 Å². The second-order valence-electron chi connectivity index (χ2n) is 6.62. The van der Waals surface area contributed by atoms with Crippen molar-refractivity contribution in [2.24, 2.45) is 4.99 Å². The molecule has 2 rings (SSSR count). The molecule has 150 valence electrons. The van der Waals surface area contributed by atoms with E-state index in [2.05, 4.69) is 25.8 Å². The third-order valence-corrected chi connectivity index (χ3v) is 3.47. The molecule has 0 radical (unpaired) electrons. The fourth-order valence-electron chi connectivity index (χ4n) is 2.13. The van der Waals surface area contributed by atoms with Crippen LogP contribution in [0.15, 0.2) is 27.7 Å². The first-order chi connectivity index (χ1) is 12.4. The van der Waals surface area contributed by atoms with Crippen molar-refractivity contribution in [3.8, 4) is 11.5 Å². The minimum atomic E-state index is -0.177. The van der Waals surface area contributed by atoms with Crippen LogP contribution in [-0.2, 0) is 12.0 Å². The SMILES string of the molecule is CCOc1ccc(NC(=NC)NCc2noc(C(C)(C)C)n2)cc1OC.I. The highest BCUT2D eigenvalue weighted by Crippen LogP contribution is 2.30. The second-order valence-corrected chi connectivity index (χ2v) is 6.62. The third-order valence-electron chi connectivity index (χ3n) is 3.47. The second kappa shape index (κ2) is 10.3. The molecule has 0 atom stereocenters. The number of aliphatic imine (C=N–C) groups is 1. The zero-order valence-electron chi connectivity index (χ0n) is 16.6. The van der Waals surface area contributed by atoms with E-state index in [0.29, 0.717) is 42.3 Å². The van der Waals surface area contributed by atoms with Crippen LogP contribution in [0.2, 0.25) is 0 Å². The van der Waals surface area contributed by atoms with Crippen LogP contribution in [0.25, 0.3) is 0 Å². The molecule has 0 aliphatic heterocycles. The first-order valence-corrected chi connectivity index (χ1v) is 8.49. The van der Waals surface area contributed by atoms with E-state index < -0.39 is 0 Å². The number of hydrogen-bond donors (Lipinski definition) is 2. The van der Waals surface area contributed by atoms with Crippen molar-refractivity contribution < 1.29 is 14.0 Å². The van der Waals surface area contributed by atoms with Crippen LogP contribution in [0.4, 0.5) is 5.69 Å². The maximum Gasteiger partial charge on any atom is 0.232 e. The first-order valence-electron chi connectivity index (χ1n) is 8.49. The highest BCUT2D eigenvalue weighted by atomic mass is 127. The molecule has 2 N–H and O–H groups in total. The molecule has 27 heavy (non-hydrogen) atoms. The molecule has 1 aromatic carbocycles. The molecular weight excluding hydrogens is 461 g/mol. The fraction of sp³-hybridized carbons (Fsp3) is 0.500. The van der Waals surface area contributed by atoms with Crippen molar-refractivity contribution in [3.63, 3.8) is 0 Å². The minimum Gasteiger partial charge on any atom is -0.493 e. The van der Waals surface area contributed by atoms with Crippen LogP contribution in [0, 0.1) is 0 Å². The van der Waals surface area contributed by atoms with Gasteiger partial charge in [-0.25, -0.2) is 0 Å². The van der Waals surface area contributed by atoms with Crippen molar-refractivity contribution in [2.45, 2.75) is 39.7 Å². The lowest BCUT2D eigenvalue weighted by molar-refractivity contribution is 0.311. The van der Waals surface area contributed by atoms with Crippen molar-refractivity contribution in [1.29, 1.82) is 0 Å². The smallest absolute Gasteiger partial charge is 0.232 e. The third kappa shape index (κ3) is 6.56. The van der Waals surface area contributed by atoms with Gasteiger partial charge in [-0.3, -0.25) is 4.99 Å². The zero-order chi connectivity index (χ0) is 19.2. The van der Waals surface area contributed by atoms with Gasteiger partial charge in [0.05, 0.1) is 20.3 Å². The molecule has 8 nitrogen and oxygen atoms in total. The summed E-state index contributed by atoms with van der Waals surface area (Å²) >= 11 is 0. The summed E-state index contributed by atoms with van der Waals surface area (Å²) in [5.41, 5.74) is 0.645. The molecule has 0 spiro atoms. The summed E-state index contributed by atoms with van der Waals surface area (Å²) in [6, 6.07) is 5.60. The molecule has 0 aliphatic rings. The van der Waals surface area contributed by atoms with Gasteiger partial charge in [0.15, 0.2) is 23.3 Å². The Morgan fingerprint density at radius 1 is 1.26 bits per heavy atom. The van der Waals surface area contributed by atoms with Gasteiger partial charge < -0.3 is 24.6 Å². The average molecular weight is 489 g/mol. The van der Waals surface area contributed by atoms with Crippen molar-refractivity contribution >= 4 is 35.6 Å². The van der Waals surface area contributed by atoms with Crippen LogP contribution in [0.3, 0.4) is 0 Å². The Morgan fingerprint density at radius 3 is 2.56 bits per heavy atom. The van der Waals surface area contributed by atoms with Gasteiger partial charge in [0.2, 0.25) is 5.89 Å². The van der Waals surface area contributed by atoms with E-state index in [1.165, 1.54) is 0 Å². The van der Waals surface area contributed by atoms with Crippen molar-refractivity contribution in [3.05, 3.63) is 29.9 Å². The summed E-state index contributed by atoms with van der Waals surface area (Å²) < 4.78 is 16.2. The molecule has 2 aromatic rings. The molecule has 9 heteroatoms. The summed E-state index contributed by atoms with van der Waals surface area (Å²) in [6.07, 6.45) is 0. The summed E-state index contributed by atoms with van der Waals surface area (Å²) in [4.78, 5) is 8.60. The Bertz CT molecular complexity index is 756. The number of rotatable bonds is 6. The van der Waals surface area contributed by atoms with Gasteiger partial charge in [-0.15, -0.1) is 24.0 Å². The monoisotopic (exact) mass is 489 g/mol. The van der Waals surface area contributed by atoms with Gasteiger partial charge in [-0.2, -0.15) is 4.98 Å². The number of anilines is 1. The molecule has 0 saturated carbocycles. The first kappa shape index (κ1) is 23.0. The number of halogens is 1. The predicted molar refractivity (Wildman–Crippen MR) is 116 cm³/mol. The summed E-state index contributed by atoms with van der Waals surface area (Å²) in [6.45, 7) is 8.98. The summed E-state index contributed by atoms with van der Waals surface area (Å²) in [5.74, 6) is 3.11. The number of nitrogens with zero attached hydrogens (tertiary/aromatic N) is 3. The lowest BCUT2D eigenvalue weighted by atomic mass is 9.97. The van der Waals surface area contributed by atoms with E-state index in [4.69, 9.17) is 14.0 Å². The van der Waals surface area contributed by atoms with Gasteiger partial charge in [0.25, 0.3) is 0 Å². The van der Waals surface area contributed by atoms with Crippen molar-refractivity contribution in [1.82, 2.24) is 15.5 Å².